The van der Waals surface area contributed by atoms with Crippen LogP contribution in [0.15, 0.2) is 24.3 Å². The summed E-state index contributed by atoms with van der Waals surface area (Å²) >= 11 is 0. The largest absolute Gasteiger partial charge is 0.497 e. The maximum atomic E-state index is 12.8. The van der Waals surface area contributed by atoms with Crippen LogP contribution in [0.5, 0.6) is 5.75 Å². The first-order chi connectivity index (χ1) is 14.1. The minimum Gasteiger partial charge on any atom is -0.497 e. The lowest BCUT2D eigenvalue weighted by Gasteiger charge is -2.29. The van der Waals surface area contributed by atoms with Gasteiger partial charge < -0.3 is 19.1 Å². The number of amides is 1. The minimum atomic E-state index is 0.221. The predicted molar refractivity (Wildman–Crippen MR) is 111 cm³/mol. The number of hydrogen-bond donors (Lipinski definition) is 0. The normalized spacial score (nSPS) is 20.2. The van der Waals surface area contributed by atoms with Gasteiger partial charge >= 0.3 is 0 Å². The van der Waals surface area contributed by atoms with Crippen molar-refractivity contribution in [2.75, 3.05) is 40.3 Å². The van der Waals surface area contributed by atoms with Crippen LogP contribution in [0.1, 0.15) is 42.4 Å². The molecule has 0 N–H and O–H groups in total. The number of aromatic nitrogens is 3. The predicted octanol–water partition coefficient (Wildman–Crippen LogP) is 2.11. The number of benzene rings is 1. The maximum absolute atomic E-state index is 12.8. The van der Waals surface area contributed by atoms with Gasteiger partial charge in [0.1, 0.15) is 17.4 Å². The Hall–Kier alpha value is -2.41. The zero-order valence-corrected chi connectivity index (χ0v) is 17.5. The van der Waals surface area contributed by atoms with E-state index < -0.39 is 0 Å². The molecule has 2 aromatic rings. The van der Waals surface area contributed by atoms with E-state index in [2.05, 4.69) is 26.7 Å². The van der Waals surface area contributed by atoms with Gasteiger partial charge in [0.15, 0.2) is 0 Å². The Labute approximate surface area is 172 Å². The van der Waals surface area contributed by atoms with Crippen LogP contribution in [-0.2, 0) is 24.2 Å². The highest BCUT2D eigenvalue weighted by Crippen LogP contribution is 2.26. The van der Waals surface area contributed by atoms with Gasteiger partial charge in [-0.1, -0.05) is 12.1 Å². The number of nitrogens with zero attached hydrogens (tertiary/aromatic N) is 5. The van der Waals surface area contributed by atoms with E-state index in [9.17, 15) is 4.79 Å². The zero-order chi connectivity index (χ0) is 20.2. The van der Waals surface area contributed by atoms with Crippen molar-refractivity contribution in [2.45, 2.75) is 44.6 Å². The van der Waals surface area contributed by atoms with Crippen molar-refractivity contribution < 1.29 is 9.53 Å². The molecule has 2 aliphatic heterocycles. The number of piperidine rings is 1. The van der Waals surface area contributed by atoms with Crippen molar-refractivity contribution in [1.29, 1.82) is 0 Å². The number of likely N-dealkylation sites (tertiary alicyclic amines) is 1. The van der Waals surface area contributed by atoms with Crippen LogP contribution >= 0.6 is 0 Å². The lowest BCUT2D eigenvalue weighted by atomic mass is 9.97. The molecule has 0 radical (unpaired) electrons. The Kier molecular flexibility index (Phi) is 6.13. The highest BCUT2D eigenvalue weighted by atomic mass is 16.5. The van der Waals surface area contributed by atoms with Crippen molar-refractivity contribution in [1.82, 2.24) is 24.6 Å². The van der Waals surface area contributed by atoms with Gasteiger partial charge in [0.2, 0.25) is 5.91 Å². The van der Waals surface area contributed by atoms with Gasteiger partial charge in [0.25, 0.3) is 0 Å². The number of methoxy groups -OCH3 is 1. The minimum absolute atomic E-state index is 0.221. The molecule has 7 heteroatoms. The van der Waals surface area contributed by atoms with Gasteiger partial charge in [-0.3, -0.25) is 4.79 Å². The number of fused-ring (bicyclic) bond motifs is 1. The Morgan fingerprint density at radius 1 is 1.14 bits per heavy atom. The third kappa shape index (κ3) is 4.61. The molecular weight excluding hydrogens is 366 g/mol. The van der Waals surface area contributed by atoms with Crippen LogP contribution < -0.4 is 4.74 Å². The second-order valence-electron chi connectivity index (χ2n) is 8.21. The number of ether oxygens (including phenoxy) is 1. The molecule has 1 atom stereocenters. The van der Waals surface area contributed by atoms with Crippen molar-refractivity contribution >= 4 is 5.91 Å². The van der Waals surface area contributed by atoms with Crippen LogP contribution in [0.3, 0.4) is 0 Å². The molecule has 1 unspecified atom stereocenters. The van der Waals surface area contributed by atoms with Crippen LogP contribution in [0.2, 0.25) is 0 Å². The second kappa shape index (κ2) is 8.95. The van der Waals surface area contributed by atoms with Crippen molar-refractivity contribution in [3.63, 3.8) is 0 Å². The molecule has 2 aliphatic rings. The maximum Gasteiger partial charge on any atom is 0.222 e. The lowest BCUT2D eigenvalue weighted by molar-refractivity contribution is -0.131. The summed E-state index contributed by atoms with van der Waals surface area (Å²) in [7, 11) is 3.84. The molecule has 1 saturated heterocycles. The summed E-state index contributed by atoms with van der Waals surface area (Å²) < 4.78 is 7.47. The lowest BCUT2D eigenvalue weighted by Crippen LogP contribution is -2.34. The van der Waals surface area contributed by atoms with Crippen LogP contribution in [-0.4, -0.2) is 70.8 Å². The third-order valence-corrected chi connectivity index (χ3v) is 6.18. The van der Waals surface area contributed by atoms with Gasteiger partial charge in [0.05, 0.1) is 7.11 Å². The average molecular weight is 398 g/mol. The molecule has 1 aromatic heterocycles. The first-order valence-electron chi connectivity index (χ1n) is 10.7. The summed E-state index contributed by atoms with van der Waals surface area (Å²) in [5.74, 6) is 3.65. The zero-order valence-electron chi connectivity index (χ0n) is 17.5. The van der Waals surface area contributed by atoms with Crippen LogP contribution in [0, 0.1) is 0 Å². The molecular formula is C22H31N5O2. The monoisotopic (exact) mass is 397 g/mol. The van der Waals surface area contributed by atoms with Gasteiger partial charge in [-0.05, 0) is 50.6 Å². The molecule has 0 saturated carbocycles. The number of carbonyl (C=O) groups is 1. The molecule has 7 nitrogen and oxygen atoms in total. The average Bonchev–Trinajstić information content (AvgIpc) is 3.03. The molecule has 3 heterocycles. The third-order valence-electron chi connectivity index (χ3n) is 6.18. The summed E-state index contributed by atoms with van der Waals surface area (Å²) in [6.45, 7) is 4.47. The Bertz CT molecular complexity index is 832. The van der Waals surface area contributed by atoms with E-state index in [1.807, 2.05) is 29.2 Å². The number of hydrogen-bond acceptors (Lipinski definition) is 5. The van der Waals surface area contributed by atoms with Gasteiger partial charge in [-0.25, -0.2) is 0 Å². The first-order valence-corrected chi connectivity index (χ1v) is 10.7. The quantitative estimate of drug-likeness (QED) is 0.773. The second-order valence-corrected chi connectivity index (χ2v) is 8.21. The molecule has 1 fully saturated rings. The van der Waals surface area contributed by atoms with E-state index in [4.69, 9.17) is 4.74 Å². The van der Waals surface area contributed by atoms with E-state index >= 15 is 0 Å². The standard InChI is InChI=1S/C22H31N5O2/c1-25-12-3-4-18(16-25)22-24-23-20-11-13-26(14-15-27(20)22)21(28)10-7-17-5-8-19(29-2)9-6-17/h5-6,8-9,18H,3-4,7,10-16H2,1-2H3. The number of carbonyl (C=O) groups excluding carboxylic acids is 1. The van der Waals surface area contributed by atoms with E-state index in [0.717, 1.165) is 68.5 Å². The highest BCUT2D eigenvalue weighted by Gasteiger charge is 2.27. The number of aryl methyl sites for hydroxylation is 1. The Morgan fingerprint density at radius 2 is 1.97 bits per heavy atom. The molecule has 29 heavy (non-hydrogen) atoms. The van der Waals surface area contributed by atoms with E-state index in [0.29, 0.717) is 12.3 Å². The Morgan fingerprint density at radius 3 is 2.72 bits per heavy atom. The summed E-state index contributed by atoms with van der Waals surface area (Å²) in [4.78, 5) is 17.2. The van der Waals surface area contributed by atoms with E-state index in [-0.39, 0.29) is 5.91 Å². The van der Waals surface area contributed by atoms with Crippen LogP contribution in [0.25, 0.3) is 0 Å². The van der Waals surface area contributed by atoms with Crippen LogP contribution in [0.4, 0.5) is 0 Å². The van der Waals surface area contributed by atoms with Crippen molar-refractivity contribution in [2.24, 2.45) is 0 Å². The first kappa shape index (κ1) is 19.9. The Balaban J connectivity index is 1.34. The number of rotatable bonds is 5. The summed E-state index contributed by atoms with van der Waals surface area (Å²) in [6, 6.07) is 7.95. The fourth-order valence-electron chi connectivity index (χ4n) is 4.48. The van der Waals surface area contributed by atoms with Crippen molar-refractivity contribution in [3.05, 3.63) is 41.5 Å². The molecule has 0 bridgehead atoms. The summed E-state index contributed by atoms with van der Waals surface area (Å²) in [5.41, 5.74) is 1.16. The number of likely N-dealkylation sites (N-methyl/N-ethyl adjacent to an activating group) is 1. The smallest absolute Gasteiger partial charge is 0.222 e. The molecule has 0 spiro atoms. The topological polar surface area (TPSA) is 63.5 Å². The van der Waals surface area contributed by atoms with E-state index in [1.54, 1.807) is 7.11 Å². The van der Waals surface area contributed by atoms with Gasteiger partial charge in [-0.15, -0.1) is 10.2 Å². The fraction of sp³-hybridized carbons (Fsp3) is 0.591. The molecule has 4 rings (SSSR count). The molecule has 0 aliphatic carbocycles. The summed E-state index contributed by atoms with van der Waals surface area (Å²) in [5, 5.41) is 9.00. The summed E-state index contributed by atoms with van der Waals surface area (Å²) in [6.07, 6.45) is 4.45. The van der Waals surface area contributed by atoms with E-state index in [1.165, 1.54) is 12.8 Å². The molecule has 1 amide bonds. The fourth-order valence-corrected chi connectivity index (χ4v) is 4.48. The highest BCUT2D eigenvalue weighted by molar-refractivity contribution is 5.76. The SMILES string of the molecule is COc1ccc(CCC(=O)N2CCc3nnc(C4CCCN(C)C4)n3CC2)cc1. The molecule has 1 aromatic carbocycles. The van der Waals surface area contributed by atoms with Crippen molar-refractivity contribution in [3.8, 4) is 5.75 Å². The van der Waals surface area contributed by atoms with Gasteiger partial charge in [-0.2, -0.15) is 0 Å². The van der Waals surface area contributed by atoms with Gasteiger partial charge in [0, 0.05) is 44.9 Å². The molecule has 156 valence electrons.